The average Bonchev–Trinajstić information content (AvgIpc) is 3.61. The van der Waals surface area contributed by atoms with Crippen molar-refractivity contribution in [1.29, 1.82) is 0 Å². The van der Waals surface area contributed by atoms with Gasteiger partial charge in [0.2, 0.25) is 5.91 Å². The van der Waals surface area contributed by atoms with Crippen LogP contribution in [0.1, 0.15) is 49.2 Å². The van der Waals surface area contributed by atoms with E-state index in [-0.39, 0.29) is 5.92 Å². The van der Waals surface area contributed by atoms with Gasteiger partial charge >= 0.3 is 0 Å². The molecule has 178 valence electrons. The minimum Gasteiger partial charge on any atom is -0.336 e. The first-order valence-corrected chi connectivity index (χ1v) is 12.8. The molecule has 5 nitrogen and oxygen atoms in total. The summed E-state index contributed by atoms with van der Waals surface area (Å²) in [4.78, 5) is 17.6. The molecule has 1 aliphatic carbocycles. The third-order valence-corrected chi connectivity index (χ3v) is 6.92. The smallest absolute Gasteiger partial charge is 0.226 e. The lowest BCUT2D eigenvalue weighted by atomic mass is 10.0. The van der Waals surface area contributed by atoms with Crippen LogP contribution in [0.4, 0.5) is 0 Å². The maximum Gasteiger partial charge on any atom is 0.226 e. The lowest BCUT2D eigenvalue weighted by Gasteiger charge is -2.29. The van der Waals surface area contributed by atoms with Gasteiger partial charge < -0.3 is 4.90 Å². The Balaban J connectivity index is 1.46. The van der Waals surface area contributed by atoms with Crippen LogP contribution in [0.3, 0.4) is 0 Å². The van der Waals surface area contributed by atoms with E-state index >= 15 is 0 Å². The van der Waals surface area contributed by atoms with Gasteiger partial charge in [0, 0.05) is 49.1 Å². The number of nitrogens with zero attached hydrogens (tertiary/aromatic N) is 4. The highest BCUT2D eigenvalue weighted by molar-refractivity contribution is 6.30. The van der Waals surface area contributed by atoms with Crippen LogP contribution in [-0.4, -0.2) is 38.6 Å². The summed E-state index contributed by atoms with van der Waals surface area (Å²) < 4.78 is 2.11. The normalized spacial score (nSPS) is 16.0. The molecular weight excluding hydrogens is 444 g/mol. The van der Waals surface area contributed by atoms with Crippen molar-refractivity contribution in [3.63, 3.8) is 0 Å². The molecule has 3 aromatic rings. The predicted molar refractivity (Wildman–Crippen MR) is 136 cm³/mol. The van der Waals surface area contributed by atoms with Crippen molar-refractivity contribution in [3.8, 4) is 5.69 Å². The van der Waals surface area contributed by atoms with E-state index in [1.807, 2.05) is 24.3 Å². The van der Waals surface area contributed by atoms with E-state index in [2.05, 4.69) is 58.7 Å². The van der Waals surface area contributed by atoms with E-state index in [9.17, 15) is 4.79 Å². The number of hydrogen-bond acceptors (Lipinski definition) is 3. The second kappa shape index (κ2) is 9.93. The molecule has 0 atom stereocenters. The van der Waals surface area contributed by atoms with Crippen molar-refractivity contribution >= 4 is 17.5 Å². The quantitative estimate of drug-likeness (QED) is 0.432. The summed E-state index contributed by atoms with van der Waals surface area (Å²) in [6, 6.07) is 18.5. The molecule has 0 radical (unpaired) electrons. The van der Waals surface area contributed by atoms with Crippen molar-refractivity contribution in [2.24, 2.45) is 11.8 Å². The summed E-state index contributed by atoms with van der Waals surface area (Å²) in [6.07, 6.45) is 2.98. The molecule has 1 aromatic heterocycles. The van der Waals surface area contributed by atoms with Crippen LogP contribution in [-0.2, 0) is 30.8 Å². The SMILES string of the molecule is CC(C)CN(Cc1nn(-c2ccccc2)c2c1CN(Cc1cccc(Cl)c1)CC2)C(=O)C1CC1. The molecule has 0 spiro atoms. The number of carbonyl (C=O) groups excluding carboxylic acids is 1. The Bertz CT molecular complexity index is 1150. The molecule has 1 fully saturated rings. The number of para-hydroxylation sites is 1. The fourth-order valence-corrected chi connectivity index (χ4v) is 5.14. The number of carbonyl (C=O) groups is 1. The number of rotatable bonds is 8. The van der Waals surface area contributed by atoms with Crippen LogP contribution >= 0.6 is 11.6 Å². The van der Waals surface area contributed by atoms with Gasteiger partial charge in [-0.05, 0) is 48.6 Å². The minimum absolute atomic E-state index is 0.213. The maximum atomic E-state index is 13.1. The van der Waals surface area contributed by atoms with E-state index in [4.69, 9.17) is 16.7 Å². The van der Waals surface area contributed by atoms with Gasteiger partial charge in [0.25, 0.3) is 0 Å². The first kappa shape index (κ1) is 23.1. The second-order valence-electron chi connectivity index (χ2n) is 10.1. The number of aromatic nitrogens is 2. The van der Waals surface area contributed by atoms with Gasteiger partial charge in [0.05, 0.1) is 23.6 Å². The Morgan fingerprint density at radius 1 is 1.15 bits per heavy atom. The molecule has 1 saturated carbocycles. The molecule has 5 rings (SSSR count). The largest absolute Gasteiger partial charge is 0.336 e. The Hall–Kier alpha value is -2.63. The van der Waals surface area contributed by atoms with Crippen molar-refractivity contribution in [1.82, 2.24) is 19.6 Å². The molecule has 2 heterocycles. The topological polar surface area (TPSA) is 41.4 Å². The van der Waals surface area contributed by atoms with Gasteiger partial charge in [-0.1, -0.05) is 55.8 Å². The molecule has 0 saturated heterocycles. The molecule has 6 heteroatoms. The number of amides is 1. The molecular formula is C28H33ClN4O. The minimum atomic E-state index is 0.213. The molecule has 34 heavy (non-hydrogen) atoms. The fraction of sp³-hybridized carbons (Fsp3) is 0.429. The summed E-state index contributed by atoms with van der Waals surface area (Å²) in [5.41, 5.74) is 5.88. The van der Waals surface area contributed by atoms with Crippen LogP contribution in [0.5, 0.6) is 0 Å². The number of halogens is 1. The molecule has 0 unspecified atom stereocenters. The summed E-state index contributed by atoms with van der Waals surface area (Å²) in [7, 11) is 0. The van der Waals surface area contributed by atoms with E-state index in [1.54, 1.807) is 0 Å². The van der Waals surface area contributed by atoms with Gasteiger partial charge in [-0.15, -0.1) is 0 Å². The Kier molecular flexibility index (Phi) is 6.75. The van der Waals surface area contributed by atoms with E-state index in [1.165, 1.54) is 16.8 Å². The van der Waals surface area contributed by atoms with E-state index < -0.39 is 0 Å². The van der Waals surface area contributed by atoms with Gasteiger partial charge in [0.1, 0.15) is 0 Å². The molecule has 0 N–H and O–H groups in total. The lowest BCUT2D eigenvalue weighted by Crippen LogP contribution is -2.36. The highest BCUT2D eigenvalue weighted by Gasteiger charge is 2.35. The summed E-state index contributed by atoms with van der Waals surface area (Å²) in [6.45, 7) is 8.36. The van der Waals surface area contributed by atoms with E-state index in [0.717, 1.165) is 61.8 Å². The molecule has 2 aromatic carbocycles. The highest BCUT2D eigenvalue weighted by atomic mass is 35.5. The van der Waals surface area contributed by atoms with Gasteiger partial charge in [-0.3, -0.25) is 9.69 Å². The van der Waals surface area contributed by atoms with Gasteiger partial charge in [-0.2, -0.15) is 5.10 Å². The second-order valence-corrected chi connectivity index (χ2v) is 10.5. The fourth-order valence-electron chi connectivity index (χ4n) is 4.92. The molecule has 2 aliphatic rings. The summed E-state index contributed by atoms with van der Waals surface area (Å²) in [5, 5.41) is 5.88. The Labute approximate surface area is 207 Å². The lowest BCUT2D eigenvalue weighted by molar-refractivity contribution is -0.133. The summed E-state index contributed by atoms with van der Waals surface area (Å²) in [5.74, 6) is 0.933. The molecule has 1 aliphatic heterocycles. The summed E-state index contributed by atoms with van der Waals surface area (Å²) >= 11 is 6.23. The van der Waals surface area contributed by atoms with Crippen molar-refractivity contribution < 1.29 is 4.79 Å². The van der Waals surface area contributed by atoms with Gasteiger partial charge in [0.15, 0.2) is 0 Å². The van der Waals surface area contributed by atoms with E-state index in [0.29, 0.717) is 18.4 Å². The van der Waals surface area contributed by atoms with Crippen LogP contribution in [0, 0.1) is 11.8 Å². The van der Waals surface area contributed by atoms with Crippen LogP contribution in [0.25, 0.3) is 5.69 Å². The highest BCUT2D eigenvalue weighted by Crippen LogP contribution is 2.33. The molecule has 1 amide bonds. The number of benzene rings is 2. The third-order valence-electron chi connectivity index (χ3n) is 6.68. The predicted octanol–water partition coefficient (Wildman–Crippen LogP) is 5.48. The van der Waals surface area contributed by atoms with Crippen LogP contribution in [0.15, 0.2) is 54.6 Å². The monoisotopic (exact) mass is 476 g/mol. The Morgan fingerprint density at radius 2 is 1.94 bits per heavy atom. The number of fused-ring (bicyclic) bond motifs is 1. The van der Waals surface area contributed by atoms with Crippen molar-refractivity contribution in [2.75, 3.05) is 13.1 Å². The van der Waals surface area contributed by atoms with Gasteiger partial charge in [-0.25, -0.2) is 4.68 Å². The standard InChI is InChI=1S/C28H33ClN4O/c1-20(2)16-32(28(34)22-11-12-22)19-26-25-18-31(17-21-7-6-8-23(29)15-21)14-13-27(25)33(30-26)24-9-4-3-5-10-24/h3-10,15,20,22H,11-14,16-19H2,1-2H3. The molecule has 0 bridgehead atoms. The van der Waals surface area contributed by atoms with Crippen LogP contribution < -0.4 is 0 Å². The zero-order valence-corrected chi connectivity index (χ0v) is 20.8. The first-order chi connectivity index (χ1) is 16.5. The van der Waals surface area contributed by atoms with Crippen molar-refractivity contribution in [2.45, 2.75) is 52.7 Å². The van der Waals surface area contributed by atoms with Crippen molar-refractivity contribution in [3.05, 3.63) is 82.1 Å². The Morgan fingerprint density at radius 3 is 2.65 bits per heavy atom. The average molecular weight is 477 g/mol. The van der Waals surface area contributed by atoms with Crippen LogP contribution in [0.2, 0.25) is 5.02 Å². The first-order valence-electron chi connectivity index (χ1n) is 12.4. The maximum absolute atomic E-state index is 13.1. The zero-order valence-electron chi connectivity index (χ0n) is 20.1. The number of hydrogen-bond donors (Lipinski definition) is 0. The third kappa shape index (κ3) is 5.21. The zero-order chi connectivity index (χ0) is 23.7.